The van der Waals surface area contributed by atoms with E-state index in [0.717, 1.165) is 0 Å². The molecule has 0 saturated heterocycles. The van der Waals surface area contributed by atoms with E-state index >= 15 is 0 Å². The molecule has 0 aromatic heterocycles. The van der Waals surface area contributed by atoms with Gasteiger partial charge in [0.2, 0.25) is 0 Å². The van der Waals surface area contributed by atoms with Gasteiger partial charge in [-0.05, 0) is 6.92 Å². The molecule has 10 heavy (non-hydrogen) atoms. The molecular formula is C6H8BrO3-. The van der Waals surface area contributed by atoms with Gasteiger partial charge in [0.15, 0.2) is 5.78 Å². The maximum absolute atomic E-state index is 10.8. The zero-order chi connectivity index (χ0) is 8.36. The largest absolute Gasteiger partial charge is 0.548 e. The van der Waals surface area contributed by atoms with Crippen LogP contribution >= 0.6 is 15.9 Å². The van der Waals surface area contributed by atoms with Gasteiger partial charge in [-0.1, -0.05) is 22.9 Å². The number of alkyl halides is 1. The lowest BCUT2D eigenvalue weighted by atomic mass is 10.1. The highest BCUT2D eigenvalue weighted by molar-refractivity contribution is 9.10. The van der Waals surface area contributed by atoms with Gasteiger partial charge in [0.05, 0.1) is 5.97 Å². The summed E-state index contributed by atoms with van der Waals surface area (Å²) in [7, 11) is 0. The second kappa shape index (κ2) is 3.14. The molecule has 0 aliphatic carbocycles. The van der Waals surface area contributed by atoms with Crippen molar-refractivity contribution in [1.82, 2.24) is 0 Å². The Hall–Kier alpha value is -0.380. The lowest BCUT2D eigenvalue weighted by molar-refractivity contribution is -0.307. The number of Topliss-reactive ketones (excluding diaryl/α,β-unsaturated/α-hetero) is 1. The van der Waals surface area contributed by atoms with Crippen LogP contribution < -0.4 is 5.11 Å². The Morgan fingerprint density at radius 1 is 1.60 bits per heavy atom. The van der Waals surface area contributed by atoms with E-state index in [1.165, 1.54) is 6.92 Å². The molecule has 3 nitrogen and oxygen atoms in total. The van der Waals surface area contributed by atoms with Gasteiger partial charge in [0, 0.05) is 6.42 Å². The van der Waals surface area contributed by atoms with Gasteiger partial charge in [-0.15, -0.1) is 0 Å². The summed E-state index contributed by atoms with van der Waals surface area (Å²) in [6.07, 6.45) is 0.190. The molecule has 0 aliphatic heterocycles. The molecule has 0 heterocycles. The zero-order valence-corrected chi connectivity index (χ0v) is 7.40. The van der Waals surface area contributed by atoms with Crippen LogP contribution in [0, 0.1) is 0 Å². The number of halogens is 1. The molecule has 0 aromatic rings. The van der Waals surface area contributed by atoms with Crippen molar-refractivity contribution in [1.29, 1.82) is 0 Å². The summed E-state index contributed by atoms with van der Waals surface area (Å²) in [6, 6.07) is 0. The minimum atomic E-state index is -1.51. The second-order valence-corrected chi connectivity index (χ2v) is 3.65. The van der Waals surface area contributed by atoms with Crippen LogP contribution in [-0.2, 0) is 9.59 Å². The van der Waals surface area contributed by atoms with Gasteiger partial charge >= 0.3 is 0 Å². The van der Waals surface area contributed by atoms with Crippen LogP contribution in [0.4, 0.5) is 0 Å². The van der Waals surface area contributed by atoms with E-state index in [1.807, 2.05) is 0 Å². The number of carbonyl (C=O) groups excluding carboxylic acids is 2. The zero-order valence-electron chi connectivity index (χ0n) is 5.81. The average molecular weight is 208 g/mol. The first-order valence-electron chi connectivity index (χ1n) is 2.86. The molecule has 1 unspecified atom stereocenters. The van der Waals surface area contributed by atoms with Gasteiger partial charge in [-0.3, -0.25) is 4.79 Å². The molecule has 0 fully saturated rings. The molecule has 0 radical (unpaired) electrons. The fourth-order valence-electron chi connectivity index (χ4n) is 0.446. The van der Waals surface area contributed by atoms with Crippen molar-refractivity contribution in [3.63, 3.8) is 0 Å². The number of aliphatic carboxylic acids is 1. The quantitative estimate of drug-likeness (QED) is 0.479. The summed E-state index contributed by atoms with van der Waals surface area (Å²) in [5.41, 5.74) is 0. The normalized spacial score (nSPS) is 15.9. The van der Waals surface area contributed by atoms with Crippen molar-refractivity contribution in [2.24, 2.45) is 0 Å². The summed E-state index contributed by atoms with van der Waals surface area (Å²) in [4.78, 5) is 21.0. The highest BCUT2D eigenvalue weighted by Gasteiger charge is 2.29. The Kier molecular flexibility index (Phi) is 3.02. The Morgan fingerprint density at radius 3 is 2.10 bits per heavy atom. The van der Waals surface area contributed by atoms with E-state index < -0.39 is 10.3 Å². The number of hydrogen-bond donors (Lipinski definition) is 0. The number of hydrogen-bond acceptors (Lipinski definition) is 3. The number of ketones is 1. The van der Waals surface area contributed by atoms with Crippen molar-refractivity contribution >= 4 is 27.7 Å². The third kappa shape index (κ3) is 1.80. The van der Waals surface area contributed by atoms with E-state index in [4.69, 9.17) is 0 Å². The number of rotatable bonds is 3. The Morgan fingerprint density at radius 2 is 2.00 bits per heavy atom. The van der Waals surface area contributed by atoms with Gasteiger partial charge < -0.3 is 9.90 Å². The van der Waals surface area contributed by atoms with E-state index in [-0.39, 0.29) is 12.2 Å². The van der Waals surface area contributed by atoms with Crippen LogP contribution in [0.5, 0.6) is 0 Å². The lowest BCUT2D eigenvalue weighted by Crippen LogP contribution is -2.46. The molecule has 0 aliphatic rings. The predicted molar refractivity (Wildman–Crippen MR) is 37.6 cm³/mol. The second-order valence-electron chi connectivity index (χ2n) is 2.07. The summed E-state index contributed by atoms with van der Waals surface area (Å²) in [5.74, 6) is -1.77. The molecule has 0 spiro atoms. The first-order valence-corrected chi connectivity index (χ1v) is 3.66. The molecule has 1 atom stereocenters. The van der Waals surface area contributed by atoms with Crippen LogP contribution in [0.25, 0.3) is 0 Å². The number of carbonyl (C=O) groups is 2. The highest BCUT2D eigenvalue weighted by Crippen LogP contribution is 2.18. The Balaban J connectivity index is 4.40. The Bertz CT molecular complexity index is 162. The minimum absolute atomic E-state index is 0.190. The third-order valence-electron chi connectivity index (χ3n) is 1.23. The molecule has 0 saturated carbocycles. The maximum Gasteiger partial charge on any atom is 0.154 e. The third-order valence-corrected chi connectivity index (χ3v) is 1.99. The number of carboxylic acid groups (broad SMARTS) is 1. The van der Waals surface area contributed by atoms with Crippen molar-refractivity contribution in [3.05, 3.63) is 0 Å². The standard InChI is InChI=1S/C6H9BrO3/c1-3-4(8)6(2,7)5(9)10/h3H2,1-2H3,(H,9,10)/p-1. The van der Waals surface area contributed by atoms with Gasteiger partial charge in [-0.25, -0.2) is 0 Å². The van der Waals surface area contributed by atoms with Crippen molar-refractivity contribution in [2.75, 3.05) is 0 Å². The summed E-state index contributed by atoms with van der Waals surface area (Å²) < 4.78 is -1.51. The molecule has 58 valence electrons. The monoisotopic (exact) mass is 207 g/mol. The maximum atomic E-state index is 10.8. The van der Waals surface area contributed by atoms with Crippen LogP contribution in [0.15, 0.2) is 0 Å². The predicted octanol–water partition coefficient (Wildman–Crippen LogP) is -0.131. The van der Waals surface area contributed by atoms with E-state index in [1.54, 1.807) is 6.92 Å². The van der Waals surface area contributed by atoms with Gasteiger partial charge in [-0.2, -0.15) is 0 Å². The molecule has 0 rings (SSSR count). The highest BCUT2D eigenvalue weighted by atomic mass is 79.9. The summed E-state index contributed by atoms with van der Waals surface area (Å²) >= 11 is 2.76. The smallest absolute Gasteiger partial charge is 0.154 e. The fourth-order valence-corrected chi connectivity index (χ4v) is 0.726. The molecule has 0 amide bonds. The minimum Gasteiger partial charge on any atom is -0.548 e. The van der Waals surface area contributed by atoms with Crippen LogP contribution in [0.1, 0.15) is 20.3 Å². The van der Waals surface area contributed by atoms with Gasteiger partial charge in [0.1, 0.15) is 4.32 Å². The van der Waals surface area contributed by atoms with Crippen molar-refractivity contribution in [2.45, 2.75) is 24.6 Å². The summed E-state index contributed by atoms with van der Waals surface area (Å²) in [6.45, 7) is 2.87. The van der Waals surface area contributed by atoms with Crippen molar-refractivity contribution in [3.8, 4) is 0 Å². The molecular weight excluding hydrogens is 200 g/mol. The van der Waals surface area contributed by atoms with Crippen LogP contribution in [0.3, 0.4) is 0 Å². The van der Waals surface area contributed by atoms with E-state index in [0.29, 0.717) is 0 Å². The van der Waals surface area contributed by atoms with Crippen LogP contribution in [-0.4, -0.2) is 16.1 Å². The molecule has 0 aromatic carbocycles. The first-order chi connectivity index (χ1) is 4.42. The summed E-state index contributed by atoms with van der Waals surface area (Å²) in [5, 5.41) is 10.2. The Labute approximate surface area is 67.5 Å². The first kappa shape index (κ1) is 9.62. The fraction of sp³-hybridized carbons (Fsp3) is 0.667. The topological polar surface area (TPSA) is 57.2 Å². The average Bonchev–Trinajstić information content (AvgIpc) is 1.86. The number of carboxylic acids is 1. The van der Waals surface area contributed by atoms with E-state index in [9.17, 15) is 14.7 Å². The molecule has 0 N–H and O–H groups in total. The molecule has 4 heteroatoms. The lowest BCUT2D eigenvalue weighted by Gasteiger charge is -2.20. The van der Waals surface area contributed by atoms with Gasteiger partial charge in [0.25, 0.3) is 0 Å². The molecule has 0 bridgehead atoms. The van der Waals surface area contributed by atoms with Crippen LogP contribution in [0.2, 0.25) is 0 Å². The van der Waals surface area contributed by atoms with Crippen molar-refractivity contribution < 1.29 is 14.7 Å². The SMILES string of the molecule is CCC(=O)C(C)(Br)C(=O)[O-]. The van der Waals surface area contributed by atoms with E-state index in [2.05, 4.69) is 15.9 Å².